The van der Waals surface area contributed by atoms with Gasteiger partial charge in [-0.25, -0.2) is 4.98 Å². The van der Waals surface area contributed by atoms with E-state index in [0.717, 1.165) is 24.1 Å². The van der Waals surface area contributed by atoms with E-state index >= 15 is 0 Å². The lowest BCUT2D eigenvalue weighted by Crippen LogP contribution is -2.40. The van der Waals surface area contributed by atoms with Crippen LogP contribution in [0.2, 0.25) is 0 Å². The van der Waals surface area contributed by atoms with Crippen molar-refractivity contribution in [3.05, 3.63) is 53.6 Å². The van der Waals surface area contributed by atoms with Gasteiger partial charge in [0.2, 0.25) is 0 Å². The van der Waals surface area contributed by atoms with Gasteiger partial charge in [-0.05, 0) is 30.5 Å². The standard InChI is InChI=1S/C18H23N3O3/c1-21-12-19-10-16(21)17-9-15(6-7-24-17)20-18(22)14-5-3-4-13(8-14)11-23-2/h3-5,8,10,12,15,17H,6-7,9,11H2,1-2H3,(H,20,22)/t15-,17+/m0/s1. The van der Waals surface area contributed by atoms with Gasteiger partial charge in [-0.15, -0.1) is 0 Å². The molecule has 1 aromatic carbocycles. The molecule has 2 atom stereocenters. The van der Waals surface area contributed by atoms with Crippen LogP contribution in [0.15, 0.2) is 36.8 Å². The molecule has 24 heavy (non-hydrogen) atoms. The first-order chi connectivity index (χ1) is 11.7. The second kappa shape index (κ2) is 7.59. The summed E-state index contributed by atoms with van der Waals surface area (Å²) in [6.45, 7) is 1.13. The second-order valence-corrected chi connectivity index (χ2v) is 6.12. The Bertz CT molecular complexity index is 698. The van der Waals surface area contributed by atoms with Gasteiger partial charge >= 0.3 is 0 Å². The highest BCUT2D eigenvalue weighted by atomic mass is 16.5. The van der Waals surface area contributed by atoms with Gasteiger partial charge in [-0.2, -0.15) is 0 Å². The highest BCUT2D eigenvalue weighted by molar-refractivity contribution is 5.94. The summed E-state index contributed by atoms with van der Waals surface area (Å²) in [5.74, 6) is -0.0522. The van der Waals surface area contributed by atoms with Crippen molar-refractivity contribution in [3.63, 3.8) is 0 Å². The Morgan fingerprint density at radius 2 is 2.38 bits per heavy atom. The summed E-state index contributed by atoms with van der Waals surface area (Å²) >= 11 is 0. The molecule has 1 aromatic heterocycles. The molecule has 2 aromatic rings. The Morgan fingerprint density at radius 3 is 3.12 bits per heavy atom. The quantitative estimate of drug-likeness (QED) is 0.913. The molecule has 0 saturated carbocycles. The van der Waals surface area contributed by atoms with Crippen molar-refractivity contribution in [2.75, 3.05) is 13.7 Å². The predicted molar refractivity (Wildman–Crippen MR) is 89.5 cm³/mol. The molecular formula is C18H23N3O3. The van der Waals surface area contributed by atoms with Crippen molar-refractivity contribution < 1.29 is 14.3 Å². The van der Waals surface area contributed by atoms with Gasteiger partial charge in [0.05, 0.1) is 24.8 Å². The summed E-state index contributed by atoms with van der Waals surface area (Å²) in [6.07, 6.45) is 5.13. The minimum atomic E-state index is -0.0522. The minimum Gasteiger partial charge on any atom is -0.380 e. The summed E-state index contributed by atoms with van der Waals surface area (Å²) in [5, 5.41) is 3.13. The Labute approximate surface area is 141 Å². The fourth-order valence-corrected chi connectivity index (χ4v) is 3.05. The van der Waals surface area contributed by atoms with Crippen molar-refractivity contribution >= 4 is 5.91 Å². The van der Waals surface area contributed by atoms with E-state index in [1.807, 2.05) is 42.1 Å². The van der Waals surface area contributed by atoms with E-state index in [9.17, 15) is 4.79 Å². The van der Waals surface area contributed by atoms with Gasteiger partial charge < -0.3 is 19.4 Å². The molecule has 3 rings (SSSR count). The lowest BCUT2D eigenvalue weighted by Gasteiger charge is -2.30. The van der Waals surface area contributed by atoms with Gasteiger partial charge in [0.25, 0.3) is 5.91 Å². The van der Waals surface area contributed by atoms with E-state index in [4.69, 9.17) is 9.47 Å². The minimum absolute atomic E-state index is 0.0311. The predicted octanol–water partition coefficient (Wildman–Crippen LogP) is 2.22. The molecule has 0 radical (unpaired) electrons. The van der Waals surface area contributed by atoms with E-state index in [1.165, 1.54) is 0 Å². The van der Waals surface area contributed by atoms with Gasteiger partial charge in [0.1, 0.15) is 6.10 Å². The molecule has 1 saturated heterocycles. The summed E-state index contributed by atoms with van der Waals surface area (Å²) < 4.78 is 12.9. The Balaban J connectivity index is 1.64. The van der Waals surface area contributed by atoms with Crippen LogP contribution in [-0.4, -0.2) is 35.2 Å². The van der Waals surface area contributed by atoms with Crippen LogP contribution in [0.5, 0.6) is 0 Å². The average molecular weight is 329 g/mol. The first-order valence-corrected chi connectivity index (χ1v) is 8.14. The first kappa shape index (κ1) is 16.7. The number of aryl methyl sites for hydroxylation is 1. The molecule has 0 spiro atoms. The number of hydrogen-bond acceptors (Lipinski definition) is 4. The van der Waals surface area contributed by atoms with Gasteiger partial charge in [0, 0.05) is 32.4 Å². The van der Waals surface area contributed by atoms with Crippen molar-refractivity contribution in [2.45, 2.75) is 31.6 Å². The third-order valence-corrected chi connectivity index (χ3v) is 4.30. The number of carbonyl (C=O) groups excluding carboxylic acids is 1. The van der Waals surface area contributed by atoms with Crippen molar-refractivity contribution in [3.8, 4) is 0 Å². The van der Waals surface area contributed by atoms with Crippen molar-refractivity contribution in [2.24, 2.45) is 7.05 Å². The molecule has 1 fully saturated rings. The Hall–Kier alpha value is -2.18. The molecule has 128 valence electrons. The van der Waals surface area contributed by atoms with Crippen LogP contribution >= 0.6 is 0 Å². The maximum Gasteiger partial charge on any atom is 0.251 e. The number of ether oxygens (including phenoxy) is 2. The molecule has 0 unspecified atom stereocenters. The van der Waals surface area contributed by atoms with E-state index in [0.29, 0.717) is 18.8 Å². The molecule has 0 bridgehead atoms. The lowest BCUT2D eigenvalue weighted by atomic mass is 10.0. The normalized spacial score (nSPS) is 20.8. The van der Waals surface area contributed by atoms with E-state index in [-0.39, 0.29) is 18.1 Å². The number of rotatable bonds is 5. The number of benzene rings is 1. The first-order valence-electron chi connectivity index (χ1n) is 8.14. The molecule has 1 N–H and O–H groups in total. The monoisotopic (exact) mass is 329 g/mol. The molecular weight excluding hydrogens is 306 g/mol. The molecule has 1 aliphatic rings. The number of nitrogens with zero attached hydrogens (tertiary/aromatic N) is 2. The molecule has 2 heterocycles. The highest BCUT2D eigenvalue weighted by Gasteiger charge is 2.27. The van der Waals surface area contributed by atoms with Gasteiger partial charge in [-0.1, -0.05) is 12.1 Å². The third-order valence-electron chi connectivity index (χ3n) is 4.30. The second-order valence-electron chi connectivity index (χ2n) is 6.12. The smallest absolute Gasteiger partial charge is 0.251 e. The summed E-state index contributed by atoms with van der Waals surface area (Å²) in [5.41, 5.74) is 2.69. The largest absolute Gasteiger partial charge is 0.380 e. The zero-order valence-electron chi connectivity index (χ0n) is 14.1. The van der Waals surface area contributed by atoms with Crippen LogP contribution in [0.25, 0.3) is 0 Å². The van der Waals surface area contributed by atoms with Crippen molar-refractivity contribution in [1.82, 2.24) is 14.9 Å². The number of carbonyl (C=O) groups is 1. The number of nitrogens with one attached hydrogen (secondary N) is 1. The third kappa shape index (κ3) is 3.83. The molecule has 1 aliphatic heterocycles. The van der Waals surface area contributed by atoms with Crippen molar-refractivity contribution in [1.29, 1.82) is 0 Å². The lowest BCUT2D eigenvalue weighted by molar-refractivity contribution is -0.00301. The SMILES string of the molecule is COCc1cccc(C(=O)N[C@H]2CCO[C@@H](c3cncn3C)C2)c1. The number of methoxy groups -OCH3 is 1. The van der Waals surface area contributed by atoms with Crippen LogP contribution in [0.4, 0.5) is 0 Å². The number of imidazole rings is 1. The fraction of sp³-hybridized carbons (Fsp3) is 0.444. The van der Waals surface area contributed by atoms with Gasteiger partial charge in [-0.3, -0.25) is 4.79 Å². The van der Waals surface area contributed by atoms with Crippen LogP contribution in [0.3, 0.4) is 0 Å². The Morgan fingerprint density at radius 1 is 1.50 bits per heavy atom. The molecule has 0 aliphatic carbocycles. The Kier molecular flexibility index (Phi) is 5.27. The van der Waals surface area contributed by atoms with Crippen LogP contribution < -0.4 is 5.32 Å². The zero-order chi connectivity index (χ0) is 16.9. The van der Waals surface area contributed by atoms with Crippen LogP contribution in [0, 0.1) is 0 Å². The van der Waals surface area contributed by atoms with E-state index < -0.39 is 0 Å². The van der Waals surface area contributed by atoms with Gasteiger partial charge in [0.15, 0.2) is 0 Å². The summed E-state index contributed by atoms with van der Waals surface area (Å²) in [4.78, 5) is 16.7. The zero-order valence-corrected chi connectivity index (χ0v) is 14.1. The molecule has 6 nitrogen and oxygen atoms in total. The molecule has 6 heteroatoms. The summed E-state index contributed by atoms with van der Waals surface area (Å²) in [7, 11) is 3.60. The number of aromatic nitrogens is 2. The maximum absolute atomic E-state index is 12.5. The molecule has 1 amide bonds. The average Bonchev–Trinajstić information content (AvgIpc) is 3.02. The van der Waals surface area contributed by atoms with Crippen LogP contribution in [0.1, 0.15) is 40.6 Å². The van der Waals surface area contributed by atoms with E-state index in [2.05, 4.69) is 10.3 Å². The number of amides is 1. The number of hydrogen-bond donors (Lipinski definition) is 1. The topological polar surface area (TPSA) is 65.4 Å². The fourth-order valence-electron chi connectivity index (χ4n) is 3.05. The maximum atomic E-state index is 12.5. The van der Waals surface area contributed by atoms with E-state index in [1.54, 1.807) is 13.4 Å². The van der Waals surface area contributed by atoms with Crippen LogP contribution in [-0.2, 0) is 23.1 Å². The highest BCUT2D eigenvalue weighted by Crippen LogP contribution is 2.27. The summed E-state index contributed by atoms with van der Waals surface area (Å²) in [6, 6.07) is 7.62.